The molecule has 0 radical (unpaired) electrons. The standard InChI is InChI=1S/C8H8FN3O.ClH/c1-13-8-6(10)2-3-12-7(8)5(9)4-11-12;/h2-4H,10H2,1H3;1H. The lowest BCUT2D eigenvalue weighted by Crippen LogP contribution is -1.97. The van der Waals surface area contributed by atoms with Crippen molar-refractivity contribution in [3.63, 3.8) is 0 Å². The minimum Gasteiger partial charge on any atom is -0.492 e. The molecule has 2 aromatic heterocycles. The number of anilines is 1. The molecule has 2 heterocycles. The highest BCUT2D eigenvalue weighted by atomic mass is 35.5. The maximum absolute atomic E-state index is 13.2. The number of methoxy groups -OCH3 is 1. The van der Waals surface area contributed by atoms with Crippen LogP contribution >= 0.6 is 12.4 Å². The van der Waals surface area contributed by atoms with Crippen LogP contribution in [-0.4, -0.2) is 16.7 Å². The third-order valence-corrected chi connectivity index (χ3v) is 1.83. The average Bonchev–Trinajstić information content (AvgIpc) is 2.49. The molecule has 0 saturated heterocycles. The van der Waals surface area contributed by atoms with Gasteiger partial charge in [0.25, 0.3) is 0 Å². The summed E-state index contributed by atoms with van der Waals surface area (Å²) in [6.07, 6.45) is 2.70. The van der Waals surface area contributed by atoms with Crippen molar-refractivity contribution in [2.75, 3.05) is 12.8 Å². The highest BCUT2D eigenvalue weighted by Crippen LogP contribution is 2.28. The van der Waals surface area contributed by atoms with Gasteiger partial charge in [0, 0.05) is 6.20 Å². The molecule has 0 aliphatic carbocycles. The molecule has 4 nitrogen and oxygen atoms in total. The van der Waals surface area contributed by atoms with Gasteiger partial charge < -0.3 is 10.5 Å². The minimum absolute atomic E-state index is 0. The minimum atomic E-state index is -0.441. The van der Waals surface area contributed by atoms with Gasteiger partial charge in [-0.2, -0.15) is 5.10 Å². The lowest BCUT2D eigenvalue weighted by molar-refractivity contribution is 0.418. The molecule has 2 aromatic rings. The summed E-state index contributed by atoms with van der Waals surface area (Å²) in [6.45, 7) is 0. The number of nitrogen functional groups attached to an aromatic ring is 1. The largest absolute Gasteiger partial charge is 0.492 e. The fourth-order valence-electron chi connectivity index (χ4n) is 1.24. The van der Waals surface area contributed by atoms with Crippen molar-refractivity contribution in [3.05, 3.63) is 24.3 Å². The Bertz CT molecular complexity index is 457. The topological polar surface area (TPSA) is 52.5 Å². The van der Waals surface area contributed by atoms with Crippen LogP contribution in [0.1, 0.15) is 0 Å². The van der Waals surface area contributed by atoms with Crippen molar-refractivity contribution in [1.82, 2.24) is 9.61 Å². The van der Waals surface area contributed by atoms with E-state index in [4.69, 9.17) is 10.5 Å². The van der Waals surface area contributed by atoms with Crippen LogP contribution in [0.3, 0.4) is 0 Å². The summed E-state index contributed by atoms with van der Waals surface area (Å²) in [5, 5.41) is 3.77. The molecule has 0 fully saturated rings. The van der Waals surface area contributed by atoms with Crippen LogP contribution < -0.4 is 10.5 Å². The number of ether oxygens (including phenoxy) is 1. The number of nitrogens with zero attached hydrogens (tertiary/aromatic N) is 2. The van der Waals surface area contributed by atoms with E-state index in [0.717, 1.165) is 6.20 Å². The van der Waals surface area contributed by atoms with Crippen LogP contribution in [0.5, 0.6) is 5.75 Å². The predicted octanol–water partition coefficient (Wildman–Crippen LogP) is 1.49. The first-order chi connectivity index (χ1) is 6.24. The Morgan fingerprint density at radius 2 is 2.29 bits per heavy atom. The maximum atomic E-state index is 13.2. The van der Waals surface area contributed by atoms with E-state index in [2.05, 4.69) is 5.10 Å². The summed E-state index contributed by atoms with van der Waals surface area (Å²) in [5.74, 6) is -0.123. The van der Waals surface area contributed by atoms with E-state index in [1.165, 1.54) is 11.6 Å². The third kappa shape index (κ3) is 1.35. The SMILES string of the molecule is COc1c(N)ccn2ncc(F)c12.Cl. The molecule has 6 heteroatoms. The number of nitrogens with two attached hydrogens (primary N) is 1. The second-order valence-corrected chi connectivity index (χ2v) is 2.59. The average molecular weight is 218 g/mol. The Hall–Kier alpha value is -1.49. The van der Waals surface area contributed by atoms with E-state index in [1.807, 2.05) is 0 Å². The molecular formula is C8H9ClFN3O. The summed E-state index contributed by atoms with van der Waals surface area (Å²) in [7, 11) is 1.44. The zero-order valence-electron chi connectivity index (χ0n) is 7.40. The van der Waals surface area contributed by atoms with Gasteiger partial charge in [0.05, 0.1) is 19.0 Å². The number of fused-ring (bicyclic) bond motifs is 1. The Kier molecular flexibility index (Phi) is 2.81. The zero-order chi connectivity index (χ0) is 9.42. The van der Waals surface area contributed by atoms with Gasteiger partial charge >= 0.3 is 0 Å². The van der Waals surface area contributed by atoms with Gasteiger partial charge in [0.1, 0.15) is 5.52 Å². The van der Waals surface area contributed by atoms with Gasteiger partial charge in [0.15, 0.2) is 11.6 Å². The number of aromatic nitrogens is 2. The quantitative estimate of drug-likeness (QED) is 0.787. The maximum Gasteiger partial charge on any atom is 0.172 e. The smallest absolute Gasteiger partial charge is 0.172 e. The van der Waals surface area contributed by atoms with Gasteiger partial charge in [-0.15, -0.1) is 12.4 Å². The molecule has 0 aliphatic heterocycles. The number of hydrogen-bond donors (Lipinski definition) is 1. The fraction of sp³-hybridized carbons (Fsp3) is 0.125. The lowest BCUT2D eigenvalue weighted by Gasteiger charge is -2.05. The van der Waals surface area contributed by atoms with E-state index >= 15 is 0 Å². The van der Waals surface area contributed by atoms with Gasteiger partial charge in [-0.25, -0.2) is 8.91 Å². The molecule has 76 valence electrons. The van der Waals surface area contributed by atoms with Crippen molar-refractivity contribution in [3.8, 4) is 5.75 Å². The van der Waals surface area contributed by atoms with Crippen LogP contribution in [0.2, 0.25) is 0 Å². The molecule has 0 aromatic carbocycles. The summed E-state index contributed by atoms with van der Waals surface area (Å²) in [6, 6.07) is 1.61. The van der Waals surface area contributed by atoms with E-state index in [9.17, 15) is 4.39 Å². The van der Waals surface area contributed by atoms with Crippen LogP contribution in [0.4, 0.5) is 10.1 Å². The molecule has 0 bridgehead atoms. The second-order valence-electron chi connectivity index (χ2n) is 2.59. The molecule has 0 atom stereocenters. The normalized spacial score (nSPS) is 9.86. The summed E-state index contributed by atoms with van der Waals surface area (Å²) in [5.41, 5.74) is 6.26. The number of hydrogen-bond acceptors (Lipinski definition) is 3. The first-order valence-corrected chi connectivity index (χ1v) is 3.69. The first-order valence-electron chi connectivity index (χ1n) is 3.69. The monoisotopic (exact) mass is 217 g/mol. The molecule has 0 aliphatic rings. The lowest BCUT2D eigenvalue weighted by atomic mass is 10.3. The molecule has 0 saturated carbocycles. The van der Waals surface area contributed by atoms with Crippen LogP contribution in [0.25, 0.3) is 5.52 Å². The first kappa shape index (κ1) is 10.6. The van der Waals surface area contributed by atoms with Crippen molar-refractivity contribution >= 4 is 23.6 Å². The Morgan fingerprint density at radius 3 is 2.93 bits per heavy atom. The van der Waals surface area contributed by atoms with Crippen molar-refractivity contribution < 1.29 is 9.13 Å². The predicted molar refractivity (Wildman–Crippen MR) is 53.4 cm³/mol. The Balaban J connectivity index is 0.000000980. The van der Waals surface area contributed by atoms with Crippen molar-refractivity contribution in [2.24, 2.45) is 0 Å². The number of rotatable bonds is 1. The van der Waals surface area contributed by atoms with Crippen molar-refractivity contribution in [2.45, 2.75) is 0 Å². The molecule has 0 amide bonds. The third-order valence-electron chi connectivity index (χ3n) is 1.83. The zero-order valence-corrected chi connectivity index (χ0v) is 8.21. The summed E-state index contributed by atoms with van der Waals surface area (Å²) < 4.78 is 19.5. The van der Waals surface area contributed by atoms with Gasteiger partial charge in [-0.1, -0.05) is 0 Å². The van der Waals surface area contributed by atoms with Crippen LogP contribution in [-0.2, 0) is 0 Å². The highest BCUT2D eigenvalue weighted by molar-refractivity contribution is 5.85. The van der Waals surface area contributed by atoms with Gasteiger partial charge in [0.2, 0.25) is 0 Å². The molecule has 2 rings (SSSR count). The molecular weight excluding hydrogens is 209 g/mol. The Labute approximate surface area is 85.9 Å². The molecule has 0 spiro atoms. The van der Waals surface area contributed by atoms with Crippen LogP contribution in [0.15, 0.2) is 18.5 Å². The summed E-state index contributed by atoms with van der Waals surface area (Å²) in [4.78, 5) is 0. The van der Waals surface area contributed by atoms with Crippen LogP contribution in [0, 0.1) is 5.82 Å². The Morgan fingerprint density at radius 1 is 1.57 bits per heavy atom. The van der Waals surface area contributed by atoms with Gasteiger partial charge in [-0.3, -0.25) is 0 Å². The van der Waals surface area contributed by atoms with E-state index in [-0.39, 0.29) is 17.9 Å². The molecule has 14 heavy (non-hydrogen) atoms. The summed E-state index contributed by atoms with van der Waals surface area (Å²) >= 11 is 0. The van der Waals surface area contributed by atoms with Gasteiger partial charge in [-0.05, 0) is 6.07 Å². The number of pyridine rings is 1. The van der Waals surface area contributed by atoms with E-state index in [1.54, 1.807) is 12.3 Å². The second kappa shape index (κ2) is 3.71. The number of halogens is 2. The fourth-order valence-corrected chi connectivity index (χ4v) is 1.24. The highest BCUT2D eigenvalue weighted by Gasteiger charge is 2.11. The van der Waals surface area contributed by atoms with E-state index < -0.39 is 5.82 Å². The molecule has 0 unspecified atom stereocenters. The van der Waals surface area contributed by atoms with E-state index in [0.29, 0.717) is 11.4 Å². The van der Waals surface area contributed by atoms with Crippen molar-refractivity contribution in [1.29, 1.82) is 0 Å². The molecule has 2 N–H and O–H groups in total.